The van der Waals surface area contributed by atoms with Gasteiger partial charge < -0.3 is 19.5 Å². The van der Waals surface area contributed by atoms with Crippen molar-refractivity contribution in [1.29, 1.82) is 5.26 Å². The monoisotopic (exact) mass is 458 g/mol. The molecule has 2 rings (SSSR count). The highest BCUT2D eigenvalue weighted by molar-refractivity contribution is 9.10. The van der Waals surface area contributed by atoms with Crippen molar-refractivity contribution in [3.63, 3.8) is 0 Å². The van der Waals surface area contributed by atoms with E-state index in [4.69, 9.17) is 14.2 Å². The van der Waals surface area contributed by atoms with Gasteiger partial charge in [-0.15, -0.1) is 0 Å². The fraction of sp³-hybridized carbons (Fsp3) is 0.190. The number of carbonyl (C=O) groups excluding carboxylic acids is 2. The zero-order valence-electron chi connectivity index (χ0n) is 16.1. The van der Waals surface area contributed by atoms with E-state index < -0.39 is 11.9 Å². The molecular formula is C21H19BrN2O5. The van der Waals surface area contributed by atoms with Gasteiger partial charge in [0.25, 0.3) is 5.91 Å². The molecule has 2 aromatic carbocycles. The fourth-order valence-electron chi connectivity index (χ4n) is 2.39. The molecule has 0 spiro atoms. The van der Waals surface area contributed by atoms with Crippen molar-refractivity contribution in [2.75, 3.05) is 26.1 Å². The number of ether oxygens (including phenoxy) is 3. The number of hydrogen-bond donors (Lipinski definition) is 1. The summed E-state index contributed by atoms with van der Waals surface area (Å²) in [5.74, 6) is -0.0465. The van der Waals surface area contributed by atoms with E-state index in [0.717, 1.165) is 0 Å². The van der Waals surface area contributed by atoms with Crippen LogP contribution < -0.4 is 14.8 Å². The van der Waals surface area contributed by atoms with Crippen LogP contribution in [0.3, 0.4) is 0 Å². The van der Waals surface area contributed by atoms with E-state index >= 15 is 0 Å². The van der Waals surface area contributed by atoms with Crippen LogP contribution >= 0.6 is 15.9 Å². The largest absolute Gasteiger partial charge is 0.493 e. The Labute approximate surface area is 177 Å². The molecule has 0 aliphatic carbocycles. The van der Waals surface area contributed by atoms with Crippen molar-refractivity contribution in [1.82, 2.24) is 0 Å². The summed E-state index contributed by atoms with van der Waals surface area (Å²) in [6.07, 6.45) is 1.44. The van der Waals surface area contributed by atoms with E-state index in [2.05, 4.69) is 21.2 Å². The van der Waals surface area contributed by atoms with Gasteiger partial charge in [-0.3, -0.25) is 4.79 Å². The standard InChI is InChI=1S/C21H19BrN2O5/c1-4-29-21(26)13-5-7-16(8-6-13)24-20(25)15(12-23)9-14-10-18(27-2)19(28-3)11-17(14)22/h5-11H,4H2,1-3H3,(H,24,25)/b15-9+. The molecule has 0 saturated carbocycles. The van der Waals surface area contributed by atoms with Gasteiger partial charge in [-0.05, 0) is 55.0 Å². The maximum atomic E-state index is 12.5. The van der Waals surface area contributed by atoms with Crippen LogP contribution in [0.5, 0.6) is 11.5 Å². The summed E-state index contributed by atoms with van der Waals surface area (Å²) in [7, 11) is 3.01. The van der Waals surface area contributed by atoms with E-state index in [-0.39, 0.29) is 12.2 Å². The van der Waals surface area contributed by atoms with Crippen molar-refractivity contribution in [3.05, 3.63) is 57.6 Å². The highest BCUT2D eigenvalue weighted by Gasteiger charge is 2.14. The normalized spacial score (nSPS) is 10.7. The van der Waals surface area contributed by atoms with Gasteiger partial charge in [0, 0.05) is 10.2 Å². The number of esters is 1. The van der Waals surface area contributed by atoms with Gasteiger partial charge in [0.2, 0.25) is 0 Å². The molecule has 0 atom stereocenters. The molecule has 0 unspecified atom stereocenters. The molecule has 0 aliphatic rings. The molecule has 1 amide bonds. The van der Waals surface area contributed by atoms with Crippen molar-refractivity contribution in [2.45, 2.75) is 6.92 Å². The lowest BCUT2D eigenvalue weighted by Gasteiger charge is -2.10. The summed E-state index contributed by atoms with van der Waals surface area (Å²) in [6.45, 7) is 2.00. The smallest absolute Gasteiger partial charge is 0.338 e. The van der Waals surface area contributed by atoms with Crippen LogP contribution in [0, 0.1) is 11.3 Å². The number of anilines is 1. The highest BCUT2D eigenvalue weighted by atomic mass is 79.9. The molecule has 0 saturated heterocycles. The Morgan fingerprint density at radius 3 is 2.31 bits per heavy atom. The van der Waals surface area contributed by atoms with Crippen molar-refractivity contribution in [3.8, 4) is 17.6 Å². The summed E-state index contributed by atoms with van der Waals surface area (Å²) in [6, 6.07) is 11.4. The molecule has 150 valence electrons. The number of hydrogen-bond acceptors (Lipinski definition) is 6. The Hall–Kier alpha value is -3.31. The average molecular weight is 459 g/mol. The van der Waals surface area contributed by atoms with Gasteiger partial charge in [0.05, 0.1) is 26.4 Å². The Morgan fingerprint density at radius 1 is 1.14 bits per heavy atom. The molecule has 8 heteroatoms. The average Bonchev–Trinajstić information content (AvgIpc) is 2.73. The molecule has 0 aromatic heterocycles. The van der Waals surface area contributed by atoms with Crippen LogP contribution in [0.15, 0.2) is 46.4 Å². The first kappa shape index (κ1) is 22.0. The molecule has 0 aliphatic heterocycles. The maximum Gasteiger partial charge on any atom is 0.338 e. The van der Waals surface area contributed by atoms with Crippen molar-refractivity contribution < 1.29 is 23.8 Å². The van der Waals surface area contributed by atoms with Crippen LogP contribution in [0.4, 0.5) is 5.69 Å². The zero-order valence-corrected chi connectivity index (χ0v) is 17.7. The minimum Gasteiger partial charge on any atom is -0.493 e. The number of benzene rings is 2. The van der Waals surface area contributed by atoms with E-state index in [1.165, 1.54) is 32.4 Å². The lowest BCUT2D eigenvalue weighted by molar-refractivity contribution is -0.112. The first-order valence-corrected chi connectivity index (χ1v) is 9.34. The number of nitrogens with zero attached hydrogens (tertiary/aromatic N) is 1. The first-order chi connectivity index (χ1) is 13.9. The Morgan fingerprint density at radius 2 is 1.76 bits per heavy atom. The van der Waals surface area contributed by atoms with Crippen molar-refractivity contribution in [2.24, 2.45) is 0 Å². The minimum absolute atomic E-state index is 0.104. The van der Waals surface area contributed by atoms with Gasteiger partial charge in [-0.1, -0.05) is 15.9 Å². The predicted octanol–water partition coefficient (Wildman–Crippen LogP) is 4.19. The number of halogens is 1. The van der Waals surface area contributed by atoms with Crippen LogP contribution in [-0.2, 0) is 9.53 Å². The van der Waals surface area contributed by atoms with Gasteiger partial charge in [-0.2, -0.15) is 5.26 Å². The third-order valence-electron chi connectivity index (χ3n) is 3.82. The predicted molar refractivity (Wildman–Crippen MR) is 112 cm³/mol. The third-order valence-corrected chi connectivity index (χ3v) is 4.51. The Bertz CT molecular complexity index is 978. The number of nitrogens with one attached hydrogen (secondary N) is 1. The summed E-state index contributed by atoms with van der Waals surface area (Å²) in [5.41, 5.74) is 1.28. The van der Waals surface area contributed by atoms with E-state index in [9.17, 15) is 14.9 Å². The molecule has 0 radical (unpaired) electrons. The molecule has 1 N–H and O–H groups in total. The summed E-state index contributed by atoms with van der Waals surface area (Å²) < 4.78 is 16.0. The van der Waals surface area contributed by atoms with E-state index in [1.807, 2.05) is 6.07 Å². The minimum atomic E-state index is -0.585. The lowest BCUT2D eigenvalue weighted by Crippen LogP contribution is -2.13. The quantitative estimate of drug-likeness (QED) is 0.379. The maximum absolute atomic E-state index is 12.5. The molecule has 2 aromatic rings. The number of carbonyl (C=O) groups is 2. The van der Waals surface area contributed by atoms with Gasteiger partial charge in [-0.25, -0.2) is 4.79 Å². The third kappa shape index (κ3) is 5.59. The summed E-state index contributed by atoms with van der Waals surface area (Å²) in [5, 5.41) is 12.0. The van der Waals surface area contributed by atoms with Crippen LogP contribution in [0.25, 0.3) is 6.08 Å². The van der Waals surface area contributed by atoms with Crippen LogP contribution in [0.1, 0.15) is 22.8 Å². The van der Waals surface area contributed by atoms with Crippen molar-refractivity contribution >= 4 is 39.6 Å². The van der Waals surface area contributed by atoms with Gasteiger partial charge in [0.15, 0.2) is 11.5 Å². The lowest BCUT2D eigenvalue weighted by atomic mass is 10.1. The number of rotatable bonds is 7. The number of methoxy groups -OCH3 is 2. The summed E-state index contributed by atoms with van der Waals surface area (Å²) >= 11 is 3.39. The Balaban J connectivity index is 2.23. The SMILES string of the molecule is CCOC(=O)c1ccc(NC(=O)/C(C#N)=C/c2cc(OC)c(OC)cc2Br)cc1. The van der Waals surface area contributed by atoms with E-state index in [1.54, 1.807) is 31.2 Å². The van der Waals surface area contributed by atoms with Crippen LogP contribution in [0.2, 0.25) is 0 Å². The molecule has 7 nitrogen and oxygen atoms in total. The second-order valence-electron chi connectivity index (χ2n) is 5.65. The second kappa shape index (κ2) is 10.3. The van der Waals surface area contributed by atoms with Gasteiger partial charge >= 0.3 is 5.97 Å². The highest BCUT2D eigenvalue weighted by Crippen LogP contribution is 2.34. The zero-order chi connectivity index (χ0) is 21.4. The molecule has 29 heavy (non-hydrogen) atoms. The fourth-order valence-corrected chi connectivity index (χ4v) is 2.82. The molecule has 0 fully saturated rings. The number of amides is 1. The summed E-state index contributed by atoms with van der Waals surface area (Å²) in [4.78, 5) is 24.2. The van der Waals surface area contributed by atoms with Gasteiger partial charge in [0.1, 0.15) is 11.6 Å². The topological polar surface area (TPSA) is 97.7 Å². The number of nitriles is 1. The van der Waals surface area contributed by atoms with E-state index in [0.29, 0.717) is 32.8 Å². The van der Waals surface area contributed by atoms with Crippen LogP contribution in [-0.4, -0.2) is 32.7 Å². The second-order valence-corrected chi connectivity index (χ2v) is 6.50. The molecule has 0 heterocycles. The molecule has 0 bridgehead atoms. The Kier molecular flexibility index (Phi) is 7.80. The first-order valence-electron chi connectivity index (χ1n) is 8.55. The molecular weight excluding hydrogens is 440 g/mol.